The lowest BCUT2D eigenvalue weighted by Crippen LogP contribution is -2.38. The molecule has 1 aliphatic carbocycles. The normalized spacial score (nSPS) is 24.4. The van der Waals surface area contributed by atoms with Crippen LogP contribution in [-0.2, 0) is 0 Å². The molecular formula is C16H25BrN2O. The van der Waals surface area contributed by atoms with E-state index >= 15 is 0 Å². The second-order valence-corrected chi connectivity index (χ2v) is 6.51. The van der Waals surface area contributed by atoms with E-state index < -0.39 is 0 Å². The van der Waals surface area contributed by atoms with Gasteiger partial charge < -0.3 is 4.74 Å². The van der Waals surface area contributed by atoms with Gasteiger partial charge >= 0.3 is 0 Å². The van der Waals surface area contributed by atoms with Crippen LogP contribution in [0.25, 0.3) is 0 Å². The van der Waals surface area contributed by atoms with E-state index in [0.717, 1.165) is 16.1 Å². The molecule has 0 saturated heterocycles. The molecule has 0 amide bonds. The molecule has 2 rings (SSSR count). The first-order chi connectivity index (χ1) is 9.71. The molecule has 0 heterocycles. The summed E-state index contributed by atoms with van der Waals surface area (Å²) >= 11 is 3.57. The number of halogens is 1. The molecule has 3 unspecified atom stereocenters. The summed E-state index contributed by atoms with van der Waals surface area (Å²) in [5.41, 5.74) is 4.30. The van der Waals surface area contributed by atoms with Gasteiger partial charge in [0.1, 0.15) is 5.75 Å². The van der Waals surface area contributed by atoms with Gasteiger partial charge in [0.2, 0.25) is 0 Å². The van der Waals surface area contributed by atoms with Crippen LogP contribution >= 0.6 is 15.9 Å². The highest BCUT2D eigenvalue weighted by Gasteiger charge is 2.31. The second kappa shape index (κ2) is 7.43. The van der Waals surface area contributed by atoms with E-state index in [2.05, 4.69) is 40.4 Å². The van der Waals surface area contributed by atoms with Crippen molar-refractivity contribution in [3.8, 4) is 5.75 Å². The van der Waals surface area contributed by atoms with E-state index in [-0.39, 0.29) is 6.04 Å². The SMILES string of the molecule is CCC1CCCCC1C(NN)c1ccc(OC)c(Br)c1. The molecule has 3 atom stereocenters. The van der Waals surface area contributed by atoms with Gasteiger partial charge in [0.25, 0.3) is 0 Å². The molecule has 4 heteroatoms. The number of rotatable bonds is 5. The Morgan fingerprint density at radius 3 is 2.75 bits per heavy atom. The predicted molar refractivity (Wildman–Crippen MR) is 86.5 cm³/mol. The van der Waals surface area contributed by atoms with Crippen LogP contribution in [0.15, 0.2) is 22.7 Å². The van der Waals surface area contributed by atoms with Crippen LogP contribution < -0.4 is 16.0 Å². The lowest BCUT2D eigenvalue weighted by Gasteiger charge is -2.37. The molecule has 0 aromatic heterocycles. The fraction of sp³-hybridized carbons (Fsp3) is 0.625. The number of hydrazine groups is 1. The topological polar surface area (TPSA) is 47.3 Å². The van der Waals surface area contributed by atoms with Crippen molar-refractivity contribution >= 4 is 15.9 Å². The maximum Gasteiger partial charge on any atom is 0.133 e. The van der Waals surface area contributed by atoms with Crippen molar-refractivity contribution in [1.29, 1.82) is 0 Å². The summed E-state index contributed by atoms with van der Waals surface area (Å²) in [6.45, 7) is 2.29. The fourth-order valence-electron chi connectivity index (χ4n) is 3.53. The van der Waals surface area contributed by atoms with Crippen molar-refractivity contribution in [2.45, 2.75) is 45.1 Å². The highest BCUT2D eigenvalue weighted by molar-refractivity contribution is 9.10. The van der Waals surface area contributed by atoms with Crippen molar-refractivity contribution in [2.24, 2.45) is 17.7 Å². The largest absolute Gasteiger partial charge is 0.496 e. The molecular weight excluding hydrogens is 316 g/mol. The van der Waals surface area contributed by atoms with Gasteiger partial charge in [0.05, 0.1) is 11.6 Å². The van der Waals surface area contributed by atoms with Crippen LogP contribution in [0.5, 0.6) is 5.75 Å². The Labute approximate surface area is 130 Å². The van der Waals surface area contributed by atoms with E-state index in [9.17, 15) is 0 Å². The summed E-state index contributed by atoms with van der Waals surface area (Å²) in [7, 11) is 1.69. The van der Waals surface area contributed by atoms with Crippen LogP contribution in [0.1, 0.15) is 50.6 Å². The Bertz CT molecular complexity index is 438. The number of nitrogens with two attached hydrogens (primary N) is 1. The molecule has 1 saturated carbocycles. The number of benzene rings is 1. The zero-order valence-corrected chi connectivity index (χ0v) is 13.9. The van der Waals surface area contributed by atoms with E-state index in [1.807, 2.05) is 6.07 Å². The Morgan fingerprint density at radius 1 is 1.40 bits per heavy atom. The van der Waals surface area contributed by atoms with Crippen molar-refractivity contribution in [2.75, 3.05) is 7.11 Å². The fourth-order valence-corrected chi connectivity index (χ4v) is 4.08. The lowest BCUT2D eigenvalue weighted by molar-refractivity contribution is 0.176. The Kier molecular flexibility index (Phi) is 5.87. The third-order valence-corrected chi connectivity index (χ3v) is 5.25. The summed E-state index contributed by atoms with van der Waals surface area (Å²) in [5.74, 6) is 8.13. The van der Waals surface area contributed by atoms with Crippen molar-refractivity contribution < 1.29 is 4.74 Å². The molecule has 0 radical (unpaired) electrons. The Balaban J connectivity index is 2.24. The number of hydrogen-bond acceptors (Lipinski definition) is 3. The van der Waals surface area contributed by atoms with E-state index in [1.54, 1.807) is 7.11 Å². The summed E-state index contributed by atoms with van der Waals surface area (Å²) in [5, 5.41) is 0. The summed E-state index contributed by atoms with van der Waals surface area (Å²) in [6, 6.07) is 6.48. The predicted octanol–water partition coefficient (Wildman–Crippen LogP) is 4.18. The highest BCUT2D eigenvalue weighted by atomic mass is 79.9. The lowest BCUT2D eigenvalue weighted by atomic mass is 9.72. The summed E-state index contributed by atoms with van der Waals surface area (Å²) in [4.78, 5) is 0. The third kappa shape index (κ3) is 3.35. The number of nitrogens with one attached hydrogen (secondary N) is 1. The quantitative estimate of drug-likeness (QED) is 0.624. The molecule has 0 bridgehead atoms. The van der Waals surface area contributed by atoms with Crippen LogP contribution in [0.4, 0.5) is 0 Å². The van der Waals surface area contributed by atoms with Crippen LogP contribution in [0.3, 0.4) is 0 Å². The van der Waals surface area contributed by atoms with Crippen molar-refractivity contribution in [1.82, 2.24) is 5.43 Å². The van der Waals surface area contributed by atoms with E-state index in [0.29, 0.717) is 5.92 Å². The van der Waals surface area contributed by atoms with Crippen molar-refractivity contribution in [3.63, 3.8) is 0 Å². The maximum atomic E-state index is 5.88. The van der Waals surface area contributed by atoms with Crippen LogP contribution in [-0.4, -0.2) is 7.11 Å². The van der Waals surface area contributed by atoms with Crippen molar-refractivity contribution in [3.05, 3.63) is 28.2 Å². The molecule has 1 fully saturated rings. The highest BCUT2D eigenvalue weighted by Crippen LogP contribution is 2.41. The minimum atomic E-state index is 0.224. The molecule has 1 aromatic rings. The van der Waals surface area contributed by atoms with Crippen LogP contribution in [0, 0.1) is 11.8 Å². The average molecular weight is 341 g/mol. The third-order valence-electron chi connectivity index (χ3n) is 4.63. The molecule has 3 N–H and O–H groups in total. The van der Waals surface area contributed by atoms with Gasteiger partial charge in [-0.25, -0.2) is 0 Å². The monoisotopic (exact) mass is 340 g/mol. The van der Waals surface area contributed by atoms with Gasteiger partial charge in [-0.15, -0.1) is 0 Å². The zero-order valence-electron chi connectivity index (χ0n) is 12.4. The Hall–Kier alpha value is -0.580. The number of hydrogen-bond donors (Lipinski definition) is 2. The Morgan fingerprint density at radius 2 is 2.15 bits per heavy atom. The first-order valence-electron chi connectivity index (χ1n) is 7.50. The smallest absolute Gasteiger partial charge is 0.133 e. The number of methoxy groups -OCH3 is 1. The first kappa shape index (κ1) is 15.8. The van der Waals surface area contributed by atoms with Gasteiger partial charge in [0.15, 0.2) is 0 Å². The molecule has 1 aromatic carbocycles. The standard InChI is InChI=1S/C16H25BrN2O/c1-3-11-6-4-5-7-13(11)16(19-18)12-8-9-15(20-2)14(17)10-12/h8-11,13,16,19H,3-7,18H2,1-2H3. The van der Waals surface area contributed by atoms with Gasteiger partial charge in [-0.05, 0) is 51.9 Å². The van der Waals surface area contributed by atoms with E-state index in [4.69, 9.17) is 10.6 Å². The summed E-state index contributed by atoms with van der Waals surface area (Å²) < 4.78 is 6.29. The van der Waals surface area contributed by atoms with Gasteiger partial charge in [-0.3, -0.25) is 11.3 Å². The molecule has 0 spiro atoms. The van der Waals surface area contributed by atoms with Gasteiger partial charge in [-0.1, -0.05) is 38.7 Å². The minimum Gasteiger partial charge on any atom is -0.496 e. The maximum absolute atomic E-state index is 5.88. The molecule has 1 aliphatic rings. The zero-order chi connectivity index (χ0) is 14.5. The minimum absolute atomic E-state index is 0.224. The van der Waals surface area contributed by atoms with Gasteiger partial charge in [0, 0.05) is 6.04 Å². The number of ether oxygens (including phenoxy) is 1. The van der Waals surface area contributed by atoms with Crippen LogP contribution in [0.2, 0.25) is 0 Å². The molecule has 112 valence electrons. The van der Waals surface area contributed by atoms with Gasteiger partial charge in [-0.2, -0.15) is 0 Å². The average Bonchev–Trinajstić information content (AvgIpc) is 2.49. The first-order valence-corrected chi connectivity index (χ1v) is 8.30. The summed E-state index contributed by atoms with van der Waals surface area (Å²) in [6.07, 6.45) is 6.50. The second-order valence-electron chi connectivity index (χ2n) is 5.65. The molecule has 20 heavy (non-hydrogen) atoms. The molecule has 3 nitrogen and oxygen atoms in total. The van der Waals surface area contributed by atoms with E-state index in [1.165, 1.54) is 37.7 Å². The molecule has 0 aliphatic heterocycles.